The highest BCUT2D eigenvalue weighted by atomic mass is 79.9. The topological polar surface area (TPSA) is 64.1 Å². The molecule has 0 atom stereocenters. The Morgan fingerprint density at radius 2 is 1.96 bits per heavy atom. The van der Waals surface area contributed by atoms with Crippen LogP contribution in [-0.2, 0) is 9.53 Å². The first-order valence-corrected chi connectivity index (χ1v) is 9.49. The first-order chi connectivity index (χ1) is 13.1. The van der Waals surface area contributed by atoms with Gasteiger partial charge in [-0.2, -0.15) is 0 Å². The van der Waals surface area contributed by atoms with E-state index >= 15 is 0 Å². The number of esters is 1. The van der Waals surface area contributed by atoms with Crippen molar-refractivity contribution in [2.75, 3.05) is 18.5 Å². The van der Waals surface area contributed by atoms with Crippen LogP contribution in [0.5, 0.6) is 0 Å². The molecule has 0 aliphatic carbocycles. The predicted octanol–water partition coefficient (Wildman–Crippen LogP) is 4.95. The van der Waals surface area contributed by atoms with Gasteiger partial charge in [-0.15, -0.1) is 0 Å². The summed E-state index contributed by atoms with van der Waals surface area (Å²) in [6.07, 6.45) is 0.908. The molecule has 0 aliphatic rings. The molecular formula is C20H19BrFN3O2. The van der Waals surface area contributed by atoms with Gasteiger partial charge in [0.15, 0.2) is 5.82 Å². The second-order valence-electron chi connectivity index (χ2n) is 5.90. The van der Waals surface area contributed by atoms with Gasteiger partial charge < -0.3 is 10.1 Å². The summed E-state index contributed by atoms with van der Waals surface area (Å²) in [5, 5.41) is 3.80. The number of nitrogens with one attached hydrogen (secondary N) is 1. The lowest BCUT2D eigenvalue weighted by Crippen LogP contribution is -2.10. The van der Waals surface area contributed by atoms with Crippen molar-refractivity contribution in [2.24, 2.45) is 0 Å². The number of aromatic nitrogens is 2. The van der Waals surface area contributed by atoms with Crippen molar-refractivity contribution in [1.29, 1.82) is 0 Å². The minimum Gasteiger partial charge on any atom is -0.466 e. The third-order valence-corrected chi connectivity index (χ3v) is 4.44. The van der Waals surface area contributed by atoms with Crippen LogP contribution in [0.4, 0.5) is 10.2 Å². The van der Waals surface area contributed by atoms with Crippen molar-refractivity contribution in [1.82, 2.24) is 9.97 Å². The Morgan fingerprint density at radius 3 is 2.70 bits per heavy atom. The zero-order valence-electron chi connectivity index (χ0n) is 14.8. The summed E-state index contributed by atoms with van der Waals surface area (Å²) in [7, 11) is 0. The predicted molar refractivity (Wildman–Crippen MR) is 107 cm³/mol. The van der Waals surface area contributed by atoms with E-state index in [9.17, 15) is 9.18 Å². The molecule has 0 saturated carbocycles. The normalized spacial score (nSPS) is 10.8. The molecule has 3 rings (SSSR count). The van der Waals surface area contributed by atoms with E-state index in [1.807, 2.05) is 24.3 Å². The standard InChI is InChI=1S/C20H19BrFN3O2/c1-2-27-18(26)4-3-11-23-20-16-12-15(22)9-10-17(16)24-19(25-20)13-5-7-14(21)8-6-13/h5-10,12H,2-4,11H2,1H3,(H,23,24,25). The number of carbonyl (C=O) groups excluding carboxylic acids is 1. The van der Waals surface area contributed by atoms with E-state index in [-0.39, 0.29) is 11.8 Å². The van der Waals surface area contributed by atoms with Gasteiger partial charge in [0.05, 0.1) is 12.1 Å². The fourth-order valence-electron chi connectivity index (χ4n) is 2.64. The Bertz CT molecular complexity index is 948. The Hall–Kier alpha value is -2.54. The lowest BCUT2D eigenvalue weighted by atomic mass is 10.1. The summed E-state index contributed by atoms with van der Waals surface area (Å²) in [4.78, 5) is 20.6. The Balaban J connectivity index is 1.86. The lowest BCUT2D eigenvalue weighted by molar-refractivity contribution is -0.143. The molecule has 0 amide bonds. The molecule has 0 spiro atoms. The summed E-state index contributed by atoms with van der Waals surface area (Å²) in [5.41, 5.74) is 1.51. The molecule has 2 aromatic carbocycles. The maximum absolute atomic E-state index is 13.7. The average molecular weight is 432 g/mol. The minimum absolute atomic E-state index is 0.228. The number of hydrogen-bond acceptors (Lipinski definition) is 5. The molecule has 27 heavy (non-hydrogen) atoms. The van der Waals surface area contributed by atoms with Crippen molar-refractivity contribution in [2.45, 2.75) is 19.8 Å². The minimum atomic E-state index is -0.350. The number of nitrogens with zero attached hydrogens (tertiary/aromatic N) is 2. The monoisotopic (exact) mass is 431 g/mol. The fourth-order valence-corrected chi connectivity index (χ4v) is 2.90. The van der Waals surface area contributed by atoms with E-state index in [0.29, 0.717) is 48.5 Å². The first kappa shape index (κ1) is 19.2. The maximum atomic E-state index is 13.7. The van der Waals surface area contributed by atoms with Crippen LogP contribution < -0.4 is 5.32 Å². The zero-order valence-corrected chi connectivity index (χ0v) is 16.4. The number of anilines is 1. The van der Waals surface area contributed by atoms with Crippen molar-refractivity contribution in [3.05, 3.63) is 52.8 Å². The summed E-state index contributed by atoms with van der Waals surface area (Å²) in [5.74, 6) is 0.515. The van der Waals surface area contributed by atoms with Crippen molar-refractivity contribution >= 4 is 38.6 Å². The third-order valence-electron chi connectivity index (χ3n) is 3.92. The summed E-state index contributed by atoms with van der Waals surface area (Å²) in [6, 6.07) is 12.1. The Labute approximate surface area is 165 Å². The number of carbonyl (C=O) groups is 1. The highest BCUT2D eigenvalue weighted by molar-refractivity contribution is 9.10. The second kappa shape index (κ2) is 8.90. The van der Waals surface area contributed by atoms with Crippen molar-refractivity contribution in [3.63, 3.8) is 0 Å². The molecule has 1 heterocycles. The van der Waals surface area contributed by atoms with Crippen LogP contribution in [0.1, 0.15) is 19.8 Å². The molecule has 3 aromatic rings. The van der Waals surface area contributed by atoms with Crippen LogP contribution >= 0.6 is 15.9 Å². The quantitative estimate of drug-likeness (QED) is 0.423. The molecule has 140 valence electrons. The van der Waals surface area contributed by atoms with Gasteiger partial charge in [0.25, 0.3) is 0 Å². The van der Waals surface area contributed by atoms with E-state index in [1.165, 1.54) is 12.1 Å². The largest absolute Gasteiger partial charge is 0.466 e. The third kappa shape index (κ3) is 5.01. The van der Waals surface area contributed by atoms with Gasteiger partial charge in [-0.05, 0) is 43.7 Å². The number of rotatable bonds is 7. The average Bonchev–Trinajstić information content (AvgIpc) is 2.66. The van der Waals surface area contributed by atoms with E-state index in [2.05, 4.69) is 31.2 Å². The number of benzene rings is 2. The second-order valence-corrected chi connectivity index (χ2v) is 6.82. The van der Waals surface area contributed by atoms with E-state index in [1.54, 1.807) is 13.0 Å². The Kier molecular flexibility index (Phi) is 6.34. The van der Waals surface area contributed by atoms with Crippen LogP contribution in [0.3, 0.4) is 0 Å². The van der Waals surface area contributed by atoms with Gasteiger partial charge in [0, 0.05) is 28.4 Å². The highest BCUT2D eigenvalue weighted by Gasteiger charge is 2.11. The fraction of sp³-hybridized carbons (Fsp3) is 0.250. The highest BCUT2D eigenvalue weighted by Crippen LogP contribution is 2.26. The molecule has 0 bridgehead atoms. The van der Waals surface area contributed by atoms with Crippen molar-refractivity contribution < 1.29 is 13.9 Å². The summed E-state index contributed by atoms with van der Waals surface area (Å²) in [6.45, 7) is 2.67. The van der Waals surface area contributed by atoms with Crippen LogP contribution in [0.15, 0.2) is 46.9 Å². The van der Waals surface area contributed by atoms with Crippen LogP contribution in [-0.4, -0.2) is 29.1 Å². The van der Waals surface area contributed by atoms with Gasteiger partial charge in [0.1, 0.15) is 11.6 Å². The maximum Gasteiger partial charge on any atom is 0.305 e. The summed E-state index contributed by atoms with van der Waals surface area (Å²) >= 11 is 3.41. The summed E-state index contributed by atoms with van der Waals surface area (Å²) < 4.78 is 19.6. The smallest absolute Gasteiger partial charge is 0.305 e. The van der Waals surface area contributed by atoms with Gasteiger partial charge in [-0.1, -0.05) is 28.1 Å². The molecule has 5 nitrogen and oxygen atoms in total. The molecule has 1 aromatic heterocycles. The van der Waals surface area contributed by atoms with E-state index in [4.69, 9.17) is 4.74 Å². The molecule has 0 radical (unpaired) electrons. The number of fused-ring (bicyclic) bond motifs is 1. The van der Waals surface area contributed by atoms with Gasteiger partial charge in [0.2, 0.25) is 0 Å². The number of ether oxygens (including phenoxy) is 1. The van der Waals surface area contributed by atoms with E-state index < -0.39 is 0 Å². The SMILES string of the molecule is CCOC(=O)CCCNc1nc(-c2ccc(Br)cc2)nc2ccc(F)cc12. The van der Waals surface area contributed by atoms with Gasteiger partial charge in [-0.25, -0.2) is 14.4 Å². The Morgan fingerprint density at radius 1 is 1.19 bits per heavy atom. The molecule has 0 saturated heterocycles. The number of halogens is 2. The first-order valence-electron chi connectivity index (χ1n) is 8.69. The molecule has 0 fully saturated rings. The molecular weight excluding hydrogens is 413 g/mol. The van der Waals surface area contributed by atoms with Crippen LogP contribution in [0.2, 0.25) is 0 Å². The van der Waals surface area contributed by atoms with Gasteiger partial charge in [-0.3, -0.25) is 4.79 Å². The molecule has 0 unspecified atom stereocenters. The zero-order chi connectivity index (χ0) is 19.2. The van der Waals surface area contributed by atoms with Crippen LogP contribution in [0, 0.1) is 5.82 Å². The van der Waals surface area contributed by atoms with Gasteiger partial charge >= 0.3 is 5.97 Å². The van der Waals surface area contributed by atoms with E-state index in [0.717, 1.165) is 10.0 Å². The van der Waals surface area contributed by atoms with Crippen LogP contribution in [0.25, 0.3) is 22.3 Å². The molecule has 7 heteroatoms. The van der Waals surface area contributed by atoms with Crippen molar-refractivity contribution in [3.8, 4) is 11.4 Å². The molecule has 0 aliphatic heterocycles. The molecule has 1 N–H and O–H groups in total. The lowest BCUT2D eigenvalue weighted by Gasteiger charge is -2.11. The number of hydrogen-bond donors (Lipinski definition) is 1.